The van der Waals surface area contributed by atoms with Crippen molar-refractivity contribution in [2.75, 3.05) is 0 Å². The number of allylic oxidation sites excluding steroid dienone is 11. The lowest BCUT2D eigenvalue weighted by Crippen LogP contribution is -1.86. The first kappa shape index (κ1) is 21.9. The molecule has 0 aromatic heterocycles. The molecule has 132 valence electrons. The second kappa shape index (κ2) is 17.3. The molecular formula is C22H32O2. The van der Waals surface area contributed by atoms with Gasteiger partial charge in [-0.3, -0.25) is 0 Å². The van der Waals surface area contributed by atoms with Gasteiger partial charge in [0.1, 0.15) is 0 Å². The fraction of sp³-hybridized carbons (Fsp3) is 0.409. The van der Waals surface area contributed by atoms with Crippen LogP contribution in [-0.2, 0) is 4.79 Å². The molecule has 1 N–H and O–H groups in total. The third-order valence-electron chi connectivity index (χ3n) is 3.28. The van der Waals surface area contributed by atoms with Crippen molar-refractivity contribution in [2.45, 2.75) is 52.4 Å². The number of unbranched alkanes of at least 4 members (excludes halogenated alkanes) is 4. The zero-order valence-corrected chi connectivity index (χ0v) is 15.1. The molecule has 24 heavy (non-hydrogen) atoms. The summed E-state index contributed by atoms with van der Waals surface area (Å²) < 4.78 is 0. The molecule has 0 heterocycles. The van der Waals surface area contributed by atoms with Crippen molar-refractivity contribution in [1.82, 2.24) is 0 Å². The van der Waals surface area contributed by atoms with E-state index in [0.717, 1.165) is 18.4 Å². The number of carboxylic acid groups (broad SMARTS) is 1. The molecule has 0 aliphatic carbocycles. The smallest absolute Gasteiger partial charge is 0.328 e. The third-order valence-corrected chi connectivity index (χ3v) is 3.28. The molecule has 0 rings (SSSR count). The summed E-state index contributed by atoms with van der Waals surface area (Å²) in [6.07, 6.45) is 29.9. The fourth-order valence-corrected chi connectivity index (χ4v) is 1.99. The highest BCUT2D eigenvalue weighted by Gasteiger charge is 1.93. The van der Waals surface area contributed by atoms with E-state index < -0.39 is 5.97 Å². The quantitative estimate of drug-likeness (QED) is 0.241. The van der Waals surface area contributed by atoms with Gasteiger partial charge in [0.25, 0.3) is 0 Å². The maximum Gasteiger partial charge on any atom is 0.328 e. The van der Waals surface area contributed by atoms with Crippen LogP contribution >= 0.6 is 0 Å². The first-order valence-electron chi connectivity index (χ1n) is 8.85. The molecule has 0 atom stereocenters. The highest BCUT2D eigenvalue weighted by Crippen LogP contribution is 2.10. The molecule has 0 bridgehead atoms. The standard InChI is InChI=1S/C22H32O2/c1-21(2)19-17-15-13-11-9-7-5-3-4-6-8-10-12-14-16-18-20-22(23)24/h3-8,10,12,14,16,18,20-21H,9,11,13,15,17,19H2,1-2H3,(H,23,24). The summed E-state index contributed by atoms with van der Waals surface area (Å²) in [4.78, 5) is 10.2. The van der Waals surface area contributed by atoms with E-state index in [2.05, 4.69) is 26.0 Å². The number of aliphatic carboxylic acids is 1. The normalized spacial score (nSPS) is 13.3. The van der Waals surface area contributed by atoms with E-state index in [1.807, 2.05) is 36.5 Å². The Morgan fingerprint density at radius 1 is 0.750 bits per heavy atom. The number of hydrogen-bond acceptors (Lipinski definition) is 1. The van der Waals surface area contributed by atoms with Gasteiger partial charge in [0.2, 0.25) is 0 Å². The van der Waals surface area contributed by atoms with Crippen LogP contribution < -0.4 is 0 Å². The predicted octanol–water partition coefficient (Wildman–Crippen LogP) is 6.40. The minimum absolute atomic E-state index is 0.836. The van der Waals surface area contributed by atoms with Gasteiger partial charge in [-0.15, -0.1) is 0 Å². The summed E-state index contributed by atoms with van der Waals surface area (Å²) in [5.41, 5.74) is 0. The van der Waals surface area contributed by atoms with E-state index in [1.54, 1.807) is 12.2 Å². The summed E-state index contributed by atoms with van der Waals surface area (Å²) >= 11 is 0. The van der Waals surface area contributed by atoms with Gasteiger partial charge in [-0.25, -0.2) is 4.79 Å². The molecule has 2 nitrogen and oxygen atoms in total. The highest BCUT2D eigenvalue weighted by atomic mass is 16.4. The Labute approximate surface area is 147 Å². The van der Waals surface area contributed by atoms with Gasteiger partial charge in [0, 0.05) is 6.08 Å². The Balaban J connectivity index is 3.61. The lowest BCUT2D eigenvalue weighted by molar-refractivity contribution is -0.131. The first-order chi connectivity index (χ1) is 11.6. The molecule has 0 aliphatic heterocycles. The number of hydrogen-bond donors (Lipinski definition) is 1. The van der Waals surface area contributed by atoms with E-state index in [1.165, 1.54) is 38.2 Å². The zero-order chi connectivity index (χ0) is 17.9. The molecule has 0 amide bonds. The average Bonchev–Trinajstić information content (AvgIpc) is 2.53. The Kier molecular flexibility index (Phi) is 15.8. The van der Waals surface area contributed by atoms with Gasteiger partial charge in [0.15, 0.2) is 0 Å². The second-order valence-electron chi connectivity index (χ2n) is 6.05. The molecule has 0 saturated carbocycles. The van der Waals surface area contributed by atoms with Gasteiger partial charge in [-0.1, -0.05) is 106 Å². The van der Waals surface area contributed by atoms with Crippen molar-refractivity contribution < 1.29 is 9.90 Å². The lowest BCUT2D eigenvalue weighted by atomic mass is 10.0. The van der Waals surface area contributed by atoms with Crippen molar-refractivity contribution >= 4 is 5.97 Å². The van der Waals surface area contributed by atoms with Crippen LogP contribution in [-0.4, -0.2) is 11.1 Å². The molecule has 0 aliphatic rings. The van der Waals surface area contributed by atoms with Gasteiger partial charge in [-0.2, -0.15) is 0 Å². The lowest BCUT2D eigenvalue weighted by Gasteiger charge is -2.02. The van der Waals surface area contributed by atoms with E-state index in [-0.39, 0.29) is 0 Å². The summed E-state index contributed by atoms with van der Waals surface area (Å²) in [7, 11) is 0. The van der Waals surface area contributed by atoms with Crippen molar-refractivity contribution in [2.24, 2.45) is 5.92 Å². The first-order valence-corrected chi connectivity index (χ1v) is 8.85. The molecule has 0 saturated heterocycles. The Bertz CT molecular complexity index is 474. The number of carboxylic acids is 1. The molecule has 0 unspecified atom stereocenters. The van der Waals surface area contributed by atoms with Gasteiger partial charge < -0.3 is 5.11 Å². The van der Waals surface area contributed by atoms with E-state index in [0.29, 0.717) is 0 Å². The highest BCUT2D eigenvalue weighted by molar-refractivity contribution is 5.80. The van der Waals surface area contributed by atoms with Gasteiger partial charge >= 0.3 is 5.97 Å². The molecule has 0 radical (unpaired) electrons. The average molecular weight is 328 g/mol. The zero-order valence-electron chi connectivity index (χ0n) is 15.1. The van der Waals surface area contributed by atoms with Crippen molar-refractivity contribution in [1.29, 1.82) is 0 Å². The van der Waals surface area contributed by atoms with Gasteiger partial charge in [-0.05, 0) is 18.8 Å². The van der Waals surface area contributed by atoms with Crippen LogP contribution in [0.15, 0.2) is 72.9 Å². The van der Waals surface area contributed by atoms with Crippen LogP contribution in [0.2, 0.25) is 0 Å². The maximum atomic E-state index is 10.2. The van der Waals surface area contributed by atoms with Crippen molar-refractivity contribution in [3.63, 3.8) is 0 Å². The largest absolute Gasteiger partial charge is 0.478 e. The molecule has 0 aromatic carbocycles. The van der Waals surface area contributed by atoms with Crippen LogP contribution in [0.25, 0.3) is 0 Å². The minimum Gasteiger partial charge on any atom is -0.478 e. The monoisotopic (exact) mass is 328 g/mol. The molecule has 0 aromatic rings. The summed E-state index contributed by atoms with van der Waals surface area (Å²) in [6, 6.07) is 0. The van der Waals surface area contributed by atoms with Crippen LogP contribution in [0.5, 0.6) is 0 Å². The summed E-state index contributed by atoms with van der Waals surface area (Å²) in [5.74, 6) is -0.101. The summed E-state index contributed by atoms with van der Waals surface area (Å²) in [5, 5.41) is 8.39. The third kappa shape index (κ3) is 19.9. The van der Waals surface area contributed by atoms with Crippen LogP contribution in [0, 0.1) is 5.92 Å². The second-order valence-corrected chi connectivity index (χ2v) is 6.05. The van der Waals surface area contributed by atoms with Crippen LogP contribution in [0.3, 0.4) is 0 Å². The van der Waals surface area contributed by atoms with Crippen LogP contribution in [0.1, 0.15) is 52.4 Å². The van der Waals surface area contributed by atoms with E-state index in [4.69, 9.17) is 5.11 Å². The molecule has 0 spiro atoms. The van der Waals surface area contributed by atoms with Crippen LogP contribution in [0.4, 0.5) is 0 Å². The topological polar surface area (TPSA) is 37.3 Å². The van der Waals surface area contributed by atoms with E-state index >= 15 is 0 Å². The molecular weight excluding hydrogens is 296 g/mol. The Morgan fingerprint density at radius 3 is 1.79 bits per heavy atom. The van der Waals surface area contributed by atoms with Crippen molar-refractivity contribution in [3.8, 4) is 0 Å². The fourth-order valence-electron chi connectivity index (χ4n) is 1.99. The Morgan fingerprint density at radius 2 is 1.25 bits per heavy atom. The molecule has 0 fully saturated rings. The van der Waals surface area contributed by atoms with E-state index in [9.17, 15) is 4.79 Å². The predicted molar refractivity (Wildman–Crippen MR) is 105 cm³/mol. The number of carbonyl (C=O) groups is 1. The van der Waals surface area contributed by atoms with Gasteiger partial charge in [0.05, 0.1) is 0 Å². The van der Waals surface area contributed by atoms with Crippen molar-refractivity contribution in [3.05, 3.63) is 72.9 Å². The minimum atomic E-state index is -0.937. The Hall–Kier alpha value is -2.09. The summed E-state index contributed by atoms with van der Waals surface area (Å²) in [6.45, 7) is 4.58. The molecule has 2 heteroatoms. The number of rotatable bonds is 13. The maximum absolute atomic E-state index is 10.2. The SMILES string of the molecule is CC(C)CCCCCCC=CC=CC=CC=CC=CC=CC(=O)O.